The molecular weight excluding hydrogens is 1210 g/mol. The Morgan fingerprint density at radius 2 is 0.809 bits per heavy atom. The molecule has 2 saturated heterocycles. The average molecular weight is 1340 g/mol. The standard InChI is InChI=1S/C74H128O20/c1-41(25-29-59-35-61(85-13)31-45(5)89-59)69(81)51(11)71-49(9)65(79)39-63(77)47(7)67(87-15)37-57-21-18-20-56(92-57)34-54(76)28-24-44(4)74(84)94-72(52(12)70(82)42(2)26-30-60-36-62(86-14)32-46(6)90-60)50(10)66(80)40-64(78)48(8)68(88-16)38-58-22-17-19-55(91-58)33-53(75)27-23-43(3)73(83)93-71/h17-20,23-24,41-42,45-72,75-82H,21-22,25-40H2,1-16H3/b43-23+,44-24+/t41-,42+,45-,46-,47-,48-,49-,50-,51-,52+,53-,54-,55-,56-,57-,58-,59-,60-,61+,62+,63-,64-,65+,66+,67?,68-,69-,70-,71-,72-/m0/s1. The van der Waals surface area contributed by atoms with E-state index in [2.05, 4.69) is 0 Å². The van der Waals surface area contributed by atoms with Crippen LogP contribution in [-0.4, -0.2) is 216 Å². The molecule has 0 amide bonds. The molecule has 0 aromatic heterocycles. The fraction of sp³-hybridized carbons (Fsp3) is 0.865. The van der Waals surface area contributed by atoms with Crippen LogP contribution in [0.25, 0.3) is 0 Å². The van der Waals surface area contributed by atoms with E-state index in [-0.39, 0.29) is 110 Å². The Hall–Kier alpha value is -2.74. The number of esters is 2. The molecule has 0 aromatic rings. The van der Waals surface area contributed by atoms with Gasteiger partial charge in [0.15, 0.2) is 0 Å². The van der Waals surface area contributed by atoms with Gasteiger partial charge in [0.05, 0.1) is 122 Å². The topological polar surface area (TPSA) is 288 Å². The van der Waals surface area contributed by atoms with Gasteiger partial charge >= 0.3 is 11.9 Å². The summed E-state index contributed by atoms with van der Waals surface area (Å²) < 4.78 is 61.5. The molecule has 0 aliphatic carbocycles. The summed E-state index contributed by atoms with van der Waals surface area (Å²) in [6, 6.07) is 0. The smallest absolute Gasteiger partial charge is 0.333 e. The van der Waals surface area contributed by atoms with Crippen molar-refractivity contribution in [2.75, 3.05) is 28.4 Å². The van der Waals surface area contributed by atoms with Crippen molar-refractivity contribution in [3.8, 4) is 0 Å². The zero-order chi connectivity index (χ0) is 69.7. The largest absolute Gasteiger partial charge is 0.458 e. The summed E-state index contributed by atoms with van der Waals surface area (Å²) in [7, 11) is 6.56. The third kappa shape index (κ3) is 25.5. The molecule has 94 heavy (non-hydrogen) atoms. The molecule has 0 radical (unpaired) electrons. The fourth-order valence-corrected chi connectivity index (χ4v) is 15.0. The number of cyclic esters (lactones) is 2. The van der Waals surface area contributed by atoms with Gasteiger partial charge in [-0.15, -0.1) is 0 Å². The number of hydrogen-bond donors (Lipinski definition) is 8. The molecule has 1 unspecified atom stereocenters. The van der Waals surface area contributed by atoms with Crippen molar-refractivity contribution >= 4 is 11.9 Å². The van der Waals surface area contributed by atoms with Crippen molar-refractivity contribution < 1.29 is 97.8 Å². The van der Waals surface area contributed by atoms with Crippen molar-refractivity contribution in [3.05, 3.63) is 47.6 Å². The zero-order valence-corrected chi connectivity index (χ0v) is 60.0. The summed E-state index contributed by atoms with van der Waals surface area (Å²) in [6.45, 7) is 22.1. The highest BCUT2D eigenvalue weighted by molar-refractivity contribution is 5.88. The highest BCUT2D eigenvalue weighted by Crippen LogP contribution is 2.37. The molecule has 0 saturated carbocycles. The molecular formula is C74H128O20. The van der Waals surface area contributed by atoms with Gasteiger partial charge in [0.2, 0.25) is 0 Å². The van der Waals surface area contributed by atoms with Gasteiger partial charge in [-0.05, 0) is 129 Å². The van der Waals surface area contributed by atoms with Gasteiger partial charge in [0.25, 0.3) is 0 Å². The summed E-state index contributed by atoms with van der Waals surface area (Å²) in [5, 5.41) is 94.8. The van der Waals surface area contributed by atoms with Gasteiger partial charge in [-0.2, -0.15) is 0 Å². The monoisotopic (exact) mass is 1340 g/mol. The maximum Gasteiger partial charge on any atom is 0.333 e. The van der Waals surface area contributed by atoms with Crippen LogP contribution in [0, 0.1) is 47.3 Å². The van der Waals surface area contributed by atoms with Gasteiger partial charge in [-0.1, -0.05) is 91.8 Å². The van der Waals surface area contributed by atoms with Crippen LogP contribution >= 0.6 is 0 Å². The van der Waals surface area contributed by atoms with Crippen LogP contribution in [0.3, 0.4) is 0 Å². The van der Waals surface area contributed by atoms with Gasteiger partial charge in [-0.3, -0.25) is 0 Å². The van der Waals surface area contributed by atoms with Gasteiger partial charge in [0.1, 0.15) is 12.2 Å². The quantitative estimate of drug-likeness (QED) is 0.0528. The summed E-state index contributed by atoms with van der Waals surface area (Å²) in [5.74, 6) is -5.62. The van der Waals surface area contributed by atoms with Gasteiger partial charge in [-0.25, -0.2) is 9.59 Å². The number of carbonyl (C=O) groups excluding carboxylic acids is 2. The van der Waals surface area contributed by atoms with Gasteiger partial charge < -0.3 is 88.2 Å². The highest BCUT2D eigenvalue weighted by Gasteiger charge is 2.43. The highest BCUT2D eigenvalue weighted by atomic mass is 16.6. The number of methoxy groups -OCH3 is 4. The molecule has 5 aliphatic heterocycles. The Bertz CT molecular complexity index is 2160. The fourth-order valence-electron chi connectivity index (χ4n) is 15.0. The Labute approximate surface area is 563 Å². The molecule has 5 aliphatic rings. The lowest BCUT2D eigenvalue weighted by atomic mass is 9.78. The Balaban J connectivity index is 1.38. The number of rotatable bonds is 16. The van der Waals surface area contributed by atoms with E-state index in [1.165, 1.54) is 0 Å². The van der Waals surface area contributed by atoms with E-state index in [1.807, 2.05) is 79.7 Å². The zero-order valence-electron chi connectivity index (χ0n) is 60.0. The van der Waals surface area contributed by atoms with E-state index in [0.29, 0.717) is 51.4 Å². The van der Waals surface area contributed by atoms with Crippen molar-refractivity contribution in [3.63, 3.8) is 0 Å². The minimum absolute atomic E-state index is 0.0361. The van der Waals surface area contributed by atoms with Crippen LogP contribution in [0.15, 0.2) is 47.6 Å². The van der Waals surface area contributed by atoms with Crippen LogP contribution in [0.2, 0.25) is 0 Å². The SMILES string of the molecule is COC1C[C@@H]2CC=C[C@@H](C[C@@H](O)C/C=C(\C)C(=O)O[C@H]([C@H](C)[C@@H](O)[C@H](C)CC[C@H]3C[C@H](OC)C[C@H](C)O3)[C@@H](C)[C@H](O)C[C@H](O)[C@H](C)[C@@H](OC)C[C@@H]3CC=C[C@@H](C[C@@H](O)C/C=C(\C)C(=O)O[C@H]([C@@H](C)[C@@H](O)[C@@H](C)CC[C@H]4C[C@H](OC)C[C@H](C)O4)[C@@H](C)[C@H](O)C[C@H](O)[C@@H]1C)O3)O2. The van der Waals surface area contributed by atoms with Crippen molar-refractivity contribution in [1.82, 2.24) is 0 Å². The molecule has 0 aromatic carbocycles. The molecule has 20 nitrogen and oxygen atoms in total. The van der Waals surface area contributed by atoms with E-state index in [9.17, 15) is 50.4 Å². The van der Waals surface area contributed by atoms with Crippen molar-refractivity contribution in [1.29, 1.82) is 0 Å². The molecule has 4 bridgehead atoms. The Kier molecular flexibility index (Phi) is 35.3. The van der Waals surface area contributed by atoms with Crippen LogP contribution in [0.1, 0.15) is 199 Å². The second kappa shape index (κ2) is 40.5. The third-order valence-electron chi connectivity index (χ3n) is 21.9. The predicted octanol–water partition coefficient (Wildman–Crippen LogP) is 9.00. The minimum atomic E-state index is -1.18. The van der Waals surface area contributed by atoms with E-state index in [0.717, 1.165) is 25.7 Å². The van der Waals surface area contributed by atoms with E-state index in [4.69, 9.17) is 47.4 Å². The first-order valence-electron chi connectivity index (χ1n) is 35.7. The maximum absolute atomic E-state index is 14.2. The number of aliphatic hydroxyl groups is 8. The second-order valence-electron chi connectivity index (χ2n) is 29.5. The lowest BCUT2D eigenvalue weighted by Gasteiger charge is -2.38. The molecule has 8 N–H and O–H groups in total. The molecule has 0 spiro atoms. The van der Waals surface area contributed by atoms with E-state index >= 15 is 0 Å². The number of ether oxygens (including phenoxy) is 10. The third-order valence-corrected chi connectivity index (χ3v) is 21.9. The molecule has 20 heteroatoms. The molecule has 2 fully saturated rings. The normalized spacial score (nSPS) is 41.4. The summed E-state index contributed by atoms with van der Waals surface area (Å²) in [5.41, 5.74) is 0.470. The number of aliphatic hydroxyl groups excluding tert-OH is 8. The predicted molar refractivity (Wildman–Crippen MR) is 359 cm³/mol. The molecule has 5 heterocycles. The number of carbonyl (C=O) groups is 2. The van der Waals surface area contributed by atoms with Crippen molar-refractivity contribution in [2.45, 2.75) is 333 Å². The molecule has 30 atom stereocenters. The van der Waals surface area contributed by atoms with Gasteiger partial charge in [0, 0.05) is 101 Å². The van der Waals surface area contributed by atoms with Crippen molar-refractivity contribution in [2.24, 2.45) is 47.3 Å². The first-order valence-corrected chi connectivity index (χ1v) is 35.7. The van der Waals surface area contributed by atoms with Crippen LogP contribution in [0.4, 0.5) is 0 Å². The maximum atomic E-state index is 14.2. The lowest BCUT2D eigenvalue weighted by Crippen LogP contribution is -2.46. The van der Waals surface area contributed by atoms with Crippen LogP contribution < -0.4 is 0 Å². The first-order chi connectivity index (χ1) is 44.5. The number of fused-ring (bicyclic) bond motifs is 4. The Morgan fingerprint density at radius 3 is 1.15 bits per heavy atom. The van der Waals surface area contributed by atoms with E-state index < -0.39 is 133 Å². The summed E-state index contributed by atoms with van der Waals surface area (Å²) >= 11 is 0. The minimum Gasteiger partial charge on any atom is -0.458 e. The van der Waals surface area contributed by atoms with Crippen LogP contribution in [-0.2, 0) is 57.0 Å². The van der Waals surface area contributed by atoms with Crippen LogP contribution in [0.5, 0.6) is 0 Å². The Morgan fingerprint density at radius 1 is 0.457 bits per heavy atom. The summed E-state index contributed by atoms with van der Waals surface area (Å²) in [4.78, 5) is 28.4. The summed E-state index contributed by atoms with van der Waals surface area (Å²) in [6.07, 6.45) is 6.49. The lowest BCUT2D eigenvalue weighted by molar-refractivity contribution is -0.160. The average Bonchev–Trinajstić information content (AvgIpc) is 0.955. The molecule has 544 valence electrons. The number of hydrogen-bond acceptors (Lipinski definition) is 20. The second-order valence-corrected chi connectivity index (χ2v) is 29.5. The first kappa shape index (κ1) is 81.9. The molecule has 5 rings (SSSR count). The van der Waals surface area contributed by atoms with E-state index in [1.54, 1.807) is 68.3 Å².